The molecule has 1 unspecified atom stereocenters. The third-order valence-corrected chi connectivity index (χ3v) is 3.38. The van der Waals surface area contributed by atoms with Crippen molar-refractivity contribution in [1.29, 1.82) is 0 Å². The third kappa shape index (κ3) is 2.48. The zero-order valence-electron chi connectivity index (χ0n) is 9.02. The summed E-state index contributed by atoms with van der Waals surface area (Å²) >= 11 is 1.03. The normalized spacial score (nSPS) is 12.7. The highest BCUT2D eigenvalue weighted by Gasteiger charge is 2.18. The van der Waals surface area contributed by atoms with Crippen LogP contribution in [0, 0.1) is 18.6 Å². The Kier molecular flexibility index (Phi) is 3.44. The van der Waals surface area contributed by atoms with Gasteiger partial charge in [0.15, 0.2) is 0 Å². The molecule has 3 nitrogen and oxygen atoms in total. The summed E-state index contributed by atoms with van der Waals surface area (Å²) in [6, 6.07) is 3.63. The summed E-state index contributed by atoms with van der Waals surface area (Å²) in [5.41, 5.74) is 0.465. The Bertz CT molecular complexity index is 510. The van der Waals surface area contributed by atoms with Gasteiger partial charge in [0.2, 0.25) is 0 Å². The second kappa shape index (κ2) is 4.85. The molecule has 0 aliphatic rings. The zero-order chi connectivity index (χ0) is 12.4. The van der Waals surface area contributed by atoms with Gasteiger partial charge in [0, 0.05) is 12.0 Å². The molecule has 1 atom stereocenters. The molecule has 2 rings (SSSR count). The molecule has 90 valence electrons. The largest absolute Gasteiger partial charge is 0.387 e. The van der Waals surface area contributed by atoms with Crippen molar-refractivity contribution in [2.24, 2.45) is 0 Å². The summed E-state index contributed by atoms with van der Waals surface area (Å²) in [6.07, 6.45) is -1.11. The van der Waals surface area contributed by atoms with Crippen LogP contribution in [0.15, 0.2) is 18.2 Å². The number of hydrogen-bond donors (Lipinski definition) is 1. The lowest BCUT2D eigenvalue weighted by atomic mass is 10.0. The molecule has 17 heavy (non-hydrogen) atoms. The van der Waals surface area contributed by atoms with Crippen LogP contribution in [0.1, 0.15) is 22.2 Å². The maximum atomic E-state index is 13.4. The molecule has 1 aromatic heterocycles. The van der Waals surface area contributed by atoms with Gasteiger partial charge in [0.1, 0.15) is 11.6 Å². The van der Waals surface area contributed by atoms with Crippen LogP contribution in [0.25, 0.3) is 0 Å². The molecule has 0 fully saturated rings. The first-order valence-corrected chi connectivity index (χ1v) is 5.76. The summed E-state index contributed by atoms with van der Waals surface area (Å²) in [6.45, 7) is 1.69. The van der Waals surface area contributed by atoms with Gasteiger partial charge in [-0.3, -0.25) is 0 Å². The maximum absolute atomic E-state index is 13.4. The predicted octanol–water partition coefficient (Wildman–Crippen LogP) is 2.40. The Hall–Kier alpha value is -1.40. The smallest absolute Gasteiger partial charge is 0.129 e. The molecule has 1 N–H and O–H groups in total. The summed E-state index contributed by atoms with van der Waals surface area (Å²) in [5, 5.41) is 13.6. The minimum Gasteiger partial charge on any atom is -0.387 e. The topological polar surface area (TPSA) is 46.0 Å². The minimum atomic E-state index is -0.985. The molecule has 0 aliphatic carbocycles. The molecule has 0 amide bonds. The van der Waals surface area contributed by atoms with E-state index in [4.69, 9.17) is 0 Å². The van der Waals surface area contributed by atoms with Crippen molar-refractivity contribution in [3.8, 4) is 0 Å². The molecule has 0 saturated carbocycles. The summed E-state index contributed by atoms with van der Waals surface area (Å²) in [7, 11) is 0. The fraction of sp³-hybridized carbons (Fsp3) is 0.273. The highest BCUT2D eigenvalue weighted by Crippen LogP contribution is 2.25. The zero-order valence-corrected chi connectivity index (χ0v) is 9.84. The van der Waals surface area contributed by atoms with Gasteiger partial charge in [0.25, 0.3) is 0 Å². The molecule has 1 heterocycles. The van der Waals surface area contributed by atoms with Gasteiger partial charge < -0.3 is 5.11 Å². The number of aryl methyl sites for hydroxylation is 1. The van der Waals surface area contributed by atoms with E-state index in [1.807, 2.05) is 0 Å². The van der Waals surface area contributed by atoms with Crippen molar-refractivity contribution >= 4 is 11.5 Å². The first kappa shape index (κ1) is 12.1. The number of hydrogen-bond acceptors (Lipinski definition) is 4. The highest BCUT2D eigenvalue weighted by molar-refractivity contribution is 7.05. The van der Waals surface area contributed by atoms with Gasteiger partial charge in [-0.1, -0.05) is 10.6 Å². The number of halogens is 2. The van der Waals surface area contributed by atoms with Crippen LogP contribution >= 0.6 is 11.5 Å². The van der Waals surface area contributed by atoms with Crippen LogP contribution in [-0.2, 0) is 6.42 Å². The van der Waals surface area contributed by atoms with Gasteiger partial charge in [-0.25, -0.2) is 8.78 Å². The molecular formula is C11H10F2N2OS. The fourth-order valence-corrected chi connectivity index (χ4v) is 2.19. The Labute approximate surface area is 101 Å². The van der Waals surface area contributed by atoms with Crippen molar-refractivity contribution in [1.82, 2.24) is 9.59 Å². The predicted molar refractivity (Wildman–Crippen MR) is 59.7 cm³/mol. The summed E-state index contributed by atoms with van der Waals surface area (Å²) in [5.74, 6) is -1.31. The van der Waals surface area contributed by atoms with Crippen LogP contribution in [0.2, 0.25) is 0 Å². The molecule has 0 saturated heterocycles. The van der Waals surface area contributed by atoms with Gasteiger partial charge in [-0.15, -0.1) is 5.10 Å². The molecule has 1 aromatic carbocycles. The molecule has 2 aromatic rings. The second-order valence-electron chi connectivity index (χ2n) is 3.64. The van der Waals surface area contributed by atoms with E-state index in [2.05, 4.69) is 9.59 Å². The number of aliphatic hydroxyl groups excluding tert-OH is 1. The number of aliphatic hydroxyl groups is 1. The van der Waals surface area contributed by atoms with E-state index in [0.29, 0.717) is 10.6 Å². The molecule has 0 bridgehead atoms. The molecule has 6 heteroatoms. The van der Waals surface area contributed by atoms with Gasteiger partial charge in [-0.05, 0) is 30.6 Å². The second-order valence-corrected chi connectivity index (χ2v) is 4.43. The van der Waals surface area contributed by atoms with E-state index in [0.717, 1.165) is 11.5 Å². The van der Waals surface area contributed by atoms with Crippen molar-refractivity contribution in [2.45, 2.75) is 19.4 Å². The van der Waals surface area contributed by atoms with Crippen molar-refractivity contribution in [3.63, 3.8) is 0 Å². The number of benzene rings is 1. The van der Waals surface area contributed by atoms with E-state index in [-0.39, 0.29) is 12.0 Å². The summed E-state index contributed by atoms with van der Waals surface area (Å²) in [4.78, 5) is 0.535. The number of aromatic nitrogens is 2. The van der Waals surface area contributed by atoms with Gasteiger partial charge in [0.05, 0.1) is 16.7 Å². The standard InChI is InChI=1S/C11H10F2N2OS/c1-6-11(17-15-14-6)10(16)5-7-8(12)3-2-4-9(7)13/h2-4,10,16H,5H2,1H3. The lowest BCUT2D eigenvalue weighted by molar-refractivity contribution is 0.178. The van der Waals surface area contributed by atoms with Crippen molar-refractivity contribution in [2.75, 3.05) is 0 Å². The Morgan fingerprint density at radius 1 is 1.35 bits per heavy atom. The third-order valence-electron chi connectivity index (χ3n) is 2.45. The average molecular weight is 256 g/mol. The number of nitrogens with zero attached hydrogens (tertiary/aromatic N) is 2. The van der Waals surface area contributed by atoms with E-state index in [9.17, 15) is 13.9 Å². The monoisotopic (exact) mass is 256 g/mol. The molecule has 0 radical (unpaired) electrons. The first-order valence-electron chi connectivity index (χ1n) is 4.99. The quantitative estimate of drug-likeness (QED) is 0.917. The van der Waals surface area contributed by atoms with Crippen LogP contribution in [-0.4, -0.2) is 14.7 Å². The van der Waals surface area contributed by atoms with Crippen LogP contribution in [0.4, 0.5) is 8.78 Å². The summed E-state index contributed by atoms with van der Waals surface area (Å²) < 4.78 is 30.4. The Morgan fingerprint density at radius 3 is 2.53 bits per heavy atom. The van der Waals surface area contributed by atoms with Crippen molar-refractivity contribution in [3.05, 3.63) is 46.0 Å². The van der Waals surface area contributed by atoms with Crippen molar-refractivity contribution < 1.29 is 13.9 Å². The average Bonchev–Trinajstić information content (AvgIpc) is 2.70. The lowest BCUT2D eigenvalue weighted by Crippen LogP contribution is -2.05. The van der Waals surface area contributed by atoms with E-state index in [1.165, 1.54) is 18.2 Å². The first-order chi connectivity index (χ1) is 8.09. The van der Waals surface area contributed by atoms with E-state index in [1.54, 1.807) is 6.92 Å². The maximum Gasteiger partial charge on any atom is 0.129 e. The Morgan fingerprint density at radius 2 is 2.00 bits per heavy atom. The highest BCUT2D eigenvalue weighted by atomic mass is 32.1. The van der Waals surface area contributed by atoms with Crippen LogP contribution < -0.4 is 0 Å². The molecule has 0 aliphatic heterocycles. The minimum absolute atomic E-state index is 0.118. The van der Waals surface area contributed by atoms with Crippen LogP contribution in [0.3, 0.4) is 0 Å². The van der Waals surface area contributed by atoms with Gasteiger partial charge >= 0.3 is 0 Å². The van der Waals surface area contributed by atoms with E-state index < -0.39 is 17.7 Å². The molecular weight excluding hydrogens is 246 g/mol. The molecule has 0 spiro atoms. The fourth-order valence-electron chi connectivity index (χ4n) is 1.56. The van der Waals surface area contributed by atoms with Gasteiger partial charge in [-0.2, -0.15) is 0 Å². The van der Waals surface area contributed by atoms with Crippen LogP contribution in [0.5, 0.6) is 0 Å². The SMILES string of the molecule is Cc1nnsc1C(O)Cc1c(F)cccc1F. The van der Waals surface area contributed by atoms with E-state index >= 15 is 0 Å². The lowest BCUT2D eigenvalue weighted by Gasteiger charge is -2.10. The number of rotatable bonds is 3. The Balaban J connectivity index is 2.25.